The number of nitrogens with one attached hydrogen (secondary N) is 1. The first-order valence-corrected chi connectivity index (χ1v) is 4.03. The minimum absolute atomic E-state index is 0.325. The predicted octanol–water partition coefficient (Wildman–Crippen LogP) is 0.996. The van der Waals surface area contributed by atoms with Crippen LogP contribution in [0.15, 0.2) is 23.2 Å². The fraction of sp³-hybridized carbons (Fsp3) is 0.111. The average Bonchev–Trinajstić information content (AvgIpc) is 2.57. The standard InChI is InChI=1S/C9H8N2O3/c12-9-8-3-7(10-5-11-13)2-1-6(8)4-14-9/h1-3,5,13H,4H2,(H,10,11). The summed E-state index contributed by atoms with van der Waals surface area (Å²) in [6.45, 7) is 0.330. The molecule has 2 rings (SSSR count). The molecule has 0 radical (unpaired) electrons. The van der Waals surface area contributed by atoms with Crippen LogP contribution in [0, 0.1) is 0 Å². The number of hydrogen-bond donors (Lipinski definition) is 2. The van der Waals surface area contributed by atoms with Gasteiger partial charge in [0.25, 0.3) is 0 Å². The van der Waals surface area contributed by atoms with Crippen molar-refractivity contribution in [1.29, 1.82) is 0 Å². The first-order chi connectivity index (χ1) is 6.81. The van der Waals surface area contributed by atoms with Crippen LogP contribution in [0.3, 0.4) is 0 Å². The molecule has 1 aliphatic heterocycles. The van der Waals surface area contributed by atoms with Crippen LogP contribution in [0.4, 0.5) is 5.69 Å². The summed E-state index contributed by atoms with van der Waals surface area (Å²) in [5.74, 6) is -0.325. The molecule has 0 saturated heterocycles. The molecular formula is C9H8N2O3. The van der Waals surface area contributed by atoms with Gasteiger partial charge in [0, 0.05) is 5.56 Å². The molecule has 0 unspecified atom stereocenters. The van der Waals surface area contributed by atoms with Crippen LogP contribution in [-0.2, 0) is 11.3 Å². The Bertz CT molecular complexity index is 401. The molecule has 72 valence electrons. The van der Waals surface area contributed by atoms with Crippen LogP contribution >= 0.6 is 0 Å². The van der Waals surface area contributed by atoms with Crippen molar-refractivity contribution in [1.82, 2.24) is 5.48 Å². The van der Waals surface area contributed by atoms with Gasteiger partial charge in [0.05, 0.1) is 11.3 Å². The molecule has 1 aromatic carbocycles. The molecule has 1 heterocycles. The van der Waals surface area contributed by atoms with Crippen molar-refractivity contribution in [3.63, 3.8) is 0 Å². The molecule has 2 N–H and O–H groups in total. The maximum absolute atomic E-state index is 11.2. The number of hydrogen-bond acceptors (Lipinski definition) is 4. The molecule has 0 spiro atoms. The Morgan fingerprint density at radius 3 is 3.21 bits per heavy atom. The zero-order chi connectivity index (χ0) is 9.97. The lowest BCUT2D eigenvalue weighted by atomic mass is 10.1. The van der Waals surface area contributed by atoms with Crippen molar-refractivity contribution in [2.24, 2.45) is 4.99 Å². The number of aliphatic imine (C=N–C) groups is 1. The Hall–Kier alpha value is -1.88. The topological polar surface area (TPSA) is 70.9 Å². The Kier molecular flexibility index (Phi) is 2.16. The summed E-state index contributed by atoms with van der Waals surface area (Å²) in [6.07, 6.45) is 1.13. The van der Waals surface area contributed by atoms with E-state index in [0.717, 1.165) is 11.9 Å². The van der Waals surface area contributed by atoms with Gasteiger partial charge in [-0.05, 0) is 12.1 Å². The number of carbonyl (C=O) groups excluding carboxylic acids is 1. The highest BCUT2D eigenvalue weighted by molar-refractivity contribution is 5.94. The maximum Gasteiger partial charge on any atom is 0.338 e. The van der Waals surface area contributed by atoms with Gasteiger partial charge in [0.2, 0.25) is 0 Å². The lowest BCUT2D eigenvalue weighted by Gasteiger charge is -1.95. The minimum Gasteiger partial charge on any atom is -0.457 e. The van der Waals surface area contributed by atoms with Crippen molar-refractivity contribution >= 4 is 18.0 Å². The Balaban J connectivity index is 2.35. The van der Waals surface area contributed by atoms with E-state index < -0.39 is 0 Å². The largest absolute Gasteiger partial charge is 0.457 e. The average molecular weight is 192 g/mol. The molecule has 0 aliphatic carbocycles. The summed E-state index contributed by atoms with van der Waals surface area (Å²) < 4.78 is 4.83. The number of carbonyl (C=O) groups is 1. The van der Waals surface area contributed by atoms with Crippen LogP contribution in [0.2, 0.25) is 0 Å². The van der Waals surface area contributed by atoms with Gasteiger partial charge in [-0.25, -0.2) is 9.79 Å². The van der Waals surface area contributed by atoms with E-state index in [1.165, 1.54) is 0 Å². The van der Waals surface area contributed by atoms with Crippen molar-refractivity contribution in [2.75, 3.05) is 0 Å². The fourth-order valence-electron chi connectivity index (χ4n) is 1.29. The van der Waals surface area contributed by atoms with Crippen molar-refractivity contribution < 1.29 is 14.7 Å². The molecule has 0 atom stereocenters. The van der Waals surface area contributed by atoms with Crippen molar-refractivity contribution in [3.05, 3.63) is 29.3 Å². The third-order valence-corrected chi connectivity index (χ3v) is 1.94. The summed E-state index contributed by atoms with van der Waals surface area (Å²) in [4.78, 5) is 15.0. The summed E-state index contributed by atoms with van der Waals surface area (Å²) in [6, 6.07) is 5.15. The molecule has 1 aromatic rings. The molecule has 0 aromatic heterocycles. The number of esters is 1. The summed E-state index contributed by atoms with van der Waals surface area (Å²) in [5.41, 5.74) is 3.78. The molecule has 0 saturated carbocycles. The number of benzene rings is 1. The number of ether oxygens (including phenoxy) is 1. The van der Waals surface area contributed by atoms with Gasteiger partial charge in [-0.3, -0.25) is 10.7 Å². The van der Waals surface area contributed by atoms with Gasteiger partial charge in [-0.2, -0.15) is 0 Å². The second kappa shape index (κ2) is 3.47. The predicted molar refractivity (Wildman–Crippen MR) is 48.6 cm³/mol. The minimum atomic E-state index is -0.325. The summed E-state index contributed by atoms with van der Waals surface area (Å²) in [5, 5.41) is 8.28. The highest BCUT2D eigenvalue weighted by Gasteiger charge is 2.20. The number of nitrogens with zero attached hydrogens (tertiary/aromatic N) is 1. The Labute approximate surface area is 80.0 Å². The number of rotatable bonds is 2. The lowest BCUT2D eigenvalue weighted by molar-refractivity contribution is 0.0535. The Morgan fingerprint density at radius 2 is 2.43 bits per heavy atom. The van der Waals surface area contributed by atoms with E-state index in [-0.39, 0.29) is 5.97 Å². The zero-order valence-corrected chi connectivity index (χ0v) is 7.23. The molecule has 0 fully saturated rings. The third kappa shape index (κ3) is 1.45. The lowest BCUT2D eigenvalue weighted by Crippen LogP contribution is -2.01. The zero-order valence-electron chi connectivity index (χ0n) is 7.23. The number of fused-ring (bicyclic) bond motifs is 1. The van der Waals surface area contributed by atoms with E-state index in [9.17, 15) is 4.79 Å². The van der Waals surface area contributed by atoms with Crippen LogP contribution in [-0.4, -0.2) is 17.5 Å². The van der Waals surface area contributed by atoms with E-state index in [1.807, 2.05) is 0 Å². The molecule has 14 heavy (non-hydrogen) atoms. The van der Waals surface area contributed by atoms with E-state index in [4.69, 9.17) is 9.94 Å². The van der Waals surface area contributed by atoms with Crippen LogP contribution in [0.5, 0.6) is 0 Å². The van der Waals surface area contributed by atoms with Crippen molar-refractivity contribution in [2.45, 2.75) is 6.61 Å². The summed E-state index contributed by atoms with van der Waals surface area (Å²) in [7, 11) is 0. The van der Waals surface area contributed by atoms with Crippen molar-refractivity contribution in [3.8, 4) is 0 Å². The smallest absolute Gasteiger partial charge is 0.338 e. The van der Waals surface area contributed by atoms with Gasteiger partial charge in [-0.15, -0.1) is 0 Å². The van der Waals surface area contributed by atoms with E-state index in [2.05, 4.69) is 4.99 Å². The van der Waals surface area contributed by atoms with Crippen LogP contribution in [0.1, 0.15) is 15.9 Å². The van der Waals surface area contributed by atoms with Gasteiger partial charge in [0.1, 0.15) is 12.9 Å². The van der Waals surface area contributed by atoms with E-state index >= 15 is 0 Å². The van der Waals surface area contributed by atoms with Crippen LogP contribution < -0.4 is 5.48 Å². The highest BCUT2D eigenvalue weighted by Crippen LogP contribution is 2.24. The Morgan fingerprint density at radius 1 is 1.57 bits per heavy atom. The van der Waals surface area contributed by atoms with Gasteiger partial charge >= 0.3 is 5.97 Å². The fourth-order valence-corrected chi connectivity index (χ4v) is 1.29. The van der Waals surface area contributed by atoms with Crippen LogP contribution in [0.25, 0.3) is 0 Å². The molecular weight excluding hydrogens is 184 g/mol. The maximum atomic E-state index is 11.2. The number of hydroxylamine groups is 1. The van der Waals surface area contributed by atoms with E-state index in [1.54, 1.807) is 23.7 Å². The second-order valence-electron chi connectivity index (χ2n) is 2.80. The normalized spacial score (nSPS) is 14.2. The summed E-state index contributed by atoms with van der Waals surface area (Å²) >= 11 is 0. The molecule has 5 nitrogen and oxygen atoms in total. The SMILES string of the molecule is O=C1OCc2ccc(N=CNO)cc21. The van der Waals surface area contributed by atoms with Gasteiger partial charge in [-0.1, -0.05) is 6.07 Å². The molecule has 0 amide bonds. The number of cyclic esters (lactones) is 1. The molecule has 5 heteroatoms. The quantitative estimate of drug-likeness (QED) is 0.317. The monoisotopic (exact) mass is 192 g/mol. The molecule has 1 aliphatic rings. The highest BCUT2D eigenvalue weighted by atomic mass is 16.5. The van der Waals surface area contributed by atoms with E-state index in [0.29, 0.717) is 17.9 Å². The van der Waals surface area contributed by atoms with Gasteiger partial charge < -0.3 is 4.74 Å². The second-order valence-corrected chi connectivity index (χ2v) is 2.80. The molecule has 0 bridgehead atoms. The van der Waals surface area contributed by atoms with Gasteiger partial charge in [0.15, 0.2) is 0 Å². The first-order valence-electron chi connectivity index (χ1n) is 4.03. The first kappa shape index (κ1) is 8.71. The third-order valence-electron chi connectivity index (χ3n) is 1.94.